The molecule has 1 aromatic carbocycles. The molecule has 0 amide bonds. The fourth-order valence-corrected chi connectivity index (χ4v) is 2.95. The van der Waals surface area contributed by atoms with Crippen LogP contribution in [0, 0.1) is 11.3 Å². The van der Waals surface area contributed by atoms with Gasteiger partial charge in [0.15, 0.2) is 0 Å². The lowest BCUT2D eigenvalue weighted by Gasteiger charge is -2.03. The molecule has 0 atom stereocenters. The van der Waals surface area contributed by atoms with Gasteiger partial charge in [0.05, 0.1) is 4.90 Å². The highest BCUT2D eigenvalue weighted by Crippen LogP contribution is 2.22. The van der Waals surface area contributed by atoms with E-state index in [0.29, 0.717) is 5.56 Å². The average Bonchev–Trinajstić information content (AvgIpc) is 2.46. The second kappa shape index (κ2) is 5.99. The van der Waals surface area contributed by atoms with Gasteiger partial charge in [-0.3, -0.25) is 4.98 Å². The SMILES string of the molecule is N#C/C(=C\c1cccnc1)S(=O)(=O)c1ccc(Br)cc1. The van der Waals surface area contributed by atoms with Gasteiger partial charge in [-0.25, -0.2) is 8.42 Å². The van der Waals surface area contributed by atoms with E-state index in [4.69, 9.17) is 5.26 Å². The number of benzene rings is 1. The number of allylic oxidation sites excluding steroid dienone is 1. The molecule has 0 aliphatic carbocycles. The van der Waals surface area contributed by atoms with Crippen molar-refractivity contribution in [1.82, 2.24) is 4.98 Å². The van der Waals surface area contributed by atoms with Crippen molar-refractivity contribution in [2.45, 2.75) is 4.90 Å². The number of nitriles is 1. The van der Waals surface area contributed by atoms with Crippen LogP contribution < -0.4 is 0 Å². The van der Waals surface area contributed by atoms with E-state index in [2.05, 4.69) is 20.9 Å². The molecular formula is C14H9BrN2O2S. The second-order valence-corrected chi connectivity index (χ2v) is 6.70. The molecule has 4 nitrogen and oxygen atoms in total. The number of pyridine rings is 1. The molecule has 1 heterocycles. The molecule has 0 bridgehead atoms. The standard InChI is InChI=1S/C14H9BrN2O2S/c15-12-3-5-13(6-4-12)20(18,19)14(9-16)8-11-2-1-7-17-10-11/h1-8,10H/b14-8+. The van der Waals surface area contributed by atoms with Crippen LogP contribution in [0.3, 0.4) is 0 Å². The van der Waals surface area contributed by atoms with Gasteiger partial charge < -0.3 is 0 Å². The van der Waals surface area contributed by atoms with Crippen molar-refractivity contribution in [3.8, 4) is 6.07 Å². The molecule has 0 unspecified atom stereocenters. The number of aromatic nitrogens is 1. The first-order chi connectivity index (χ1) is 9.54. The largest absolute Gasteiger partial charge is 0.264 e. The van der Waals surface area contributed by atoms with Crippen molar-refractivity contribution in [3.63, 3.8) is 0 Å². The molecule has 0 N–H and O–H groups in total. The summed E-state index contributed by atoms with van der Waals surface area (Å²) in [6, 6.07) is 11.2. The van der Waals surface area contributed by atoms with Gasteiger partial charge in [-0.15, -0.1) is 0 Å². The fourth-order valence-electron chi connectivity index (χ4n) is 1.52. The first-order valence-corrected chi connectivity index (χ1v) is 7.84. The van der Waals surface area contributed by atoms with Gasteiger partial charge in [-0.2, -0.15) is 5.26 Å². The summed E-state index contributed by atoms with van der Waals surface area (Å²) in [5.41, 5.74) is 0.560. The number of hydrogen-bond donors (Lipinski definition) is 0. The van der Waals surface area contributed by atoms with Crippen LogP contribution in [0.2, 0.25) is 0 Å². The molecule has 0 spiro atoms. The summed E-state index contributed by atoms with van der Waals surface area (Å²) >= 11 is 3.24. The third kappa shape index (κ3) is 3.13. The highest BCUT2D eigenvalue weighted by molar-refractivity contribution is 9.10. The van der Waals surface area contributed by atoms with E-state index in [1.54, 1.807) is 36.5 Å². The molecule has 2 rings (SSSR count). The van der Waals surface area contributed by atoms with E-state index in [-0.39, 0.29) is 9.80 Å². The van der Waals surface area contributed by atoms with E-state index < -0.39 is 9.84 Å². The molecule has 6 heteroatoms. The molecular weight excluding hydrogens is 340 g/mol. The Hall–Kier alpha value is -1.97. The van der Waals surface area contributed by atoms with Gasteiger partial charge in [0.2, 0.25) is 9.84 Å². The zero-order valence-electron chi connectivity index (χ0n) is 10.2. The van der Waals surface area contributed by atoms with Crippen LogP contribution in [0.5, 0.6) is 0 Å². The van der Waals surface area contributed by atoms with Crippen LogP contribution in [0.1, 0.15) is 5.56 Å². The summed E-state index contributed by atoms with van der Waals surface area (Å²) in [6.45, 7) is 0. The fraction of sp³-hybridized carbons (Fsp3) is 0. The highest BCUT2D eigenvalue weighted by Gasteiger charge is 2.20. The molecule has 100 valence electrons. The number of sulfone groups is 1. The summed E-state index contributed by atoms with van der Waals surface area (Å²) in [6.07, 6.45) is 4.38. The van der Waals surface area contributed by atoms with E-state index in [9.17, 15) is 8.42 Å². The monoisotopic (exact) mass is 348 g/mol. The van der Waals surface area contributed by atoms with Crippen LogP contribution in [-0.4, -0.2) is 13.4 Å². The zero-order valence-corrected chi connectivity index (χ0v) is 12.6. The Balaban J connectivity index is 2.49. The van der Waals surface area contributed by atoms with Crippen LogP contribution >= 0.6 is 15.9 Å². The van der Waals surface area contributed by atoms with Gasteiger partial charge in [0.1, 0.15) is 11.0 Å². The lowest BCUT2D eigenvalue weighted by Crippen LogP contribution is -2.03. The van der Waals surface area contributed by atoms with Crippen LogP contribution in [0.25, 0.3) is 6.08 Å². The van der Waals surface area contributed by atoms with Crippen LogP contribution in [-0.2, 0) is 9.84 Å². The maximum Gasteiger partial charge on any atom is 0.216 e. The third-order valence-electron chi connectivity index (χ3n) is 2.51. The lowest BCUT2D eigenvalue weighted by atomic mass is 10.3. The normalized spacial score (nSPS) is 11.9. The number of halogens is 1. The first-order valence-electron chi connectivity index (χ1n) is 5.56. The maximum atomic E-state index is 12.4. The van der Waals surface area contributed by atoms with Crippen molar-refractivity contribution in [3.05, 3.63) is 63.7 Å². The predicted octanol–water partition coefficient (Wildman–Crippen LogP) is 3.18. The molecule has 2 aromatic rings. The number of nitrogens with zero attached hydrogens (tertiary/aromatic N) is 2. The quantitative estimate of drug-likeness (QED) is 0.798. The third-order valence-corrected chi connectivity index (χ3v) is 4.72. The summed E-state index contributed by atoms with van der Waals surface area (Å²) in [4.78, 5) is 3.65. The van der Waals surface area contributed by atoms with E-state index >= 15 is 0 Å². The second-order valence-electron chi connectivity index (χ2n) is 3.86. The van der Waals surface area contributed by atoms with Crippen LogP contribution in [0.4, 0.5) is 0 Å². The van der Waals surface area contributed by atoms with Crippen molar-refractivity contribution < 1.29 is 8.42 Å². The lowest BCUT2D eigenvalue weighted by molar-refractivity contribution is 0.603. The summed E-state index contributed by atoms with van der Waals surface area (Å²) in [5, 5.41) is 9.11. The molecule has 0 saturated heterocycles. The molecule has 0 radical (unpaired) electrons. The smallest absolute Gasteiger partial charge is 0.216 e. The first kappa shape index (κ1) is 14.4. The van der Waals surface area contributed by atoms with E-state index in [1.807, 2.05) is 0 Å². The Labute approximate surface area is 125 Å². The van der Waals surface area contributed by atoms with Gasteiger partial charge in [0.25, 0.3) is 0 Å². The minimum absolute atomic E-state index is 0.0809. The molecule has 1 aromatic heterocycles. The van der Waals surface area contributed by atoms with Gasteiger partial charge in [-0.05, 0) is 42.0 Å². The van der Waals surface area contributed by atoms with E-state index in [0.717, 1.165) is 4.47 Å². The molecule has 0 fully saturated rings. The van der Waals surface area contributed by atoms with Gasteiger partial charge >= 0.3 is 0 Å². The zero-order chi connectivity index (χ0) is 14.6. The maximum absolute atomic E-state index is 12.4. The Morgan fingerprint density at radius 3 is 2.50 bits per heavy atom. The van der Waals surface area contributed by atoms with Crippen molar-refractivity contribution in [1.29, 1.82) is 5.26 Å². The molecule has 20 heavy (non-hydrogen) atoms. The van der Waals surface area contributed by atoms with Crippen molar-refractivity contribution in [2.24, 2.45) is 0 Å². The minimum Gasteiger partial charge on any atom is -0.264 e. The van der Waals surface area contributed by atoms with Gasteiger partial charge in [0, 0.05) is 16.9 Å². The Bertz CT molecular complexity index is 776. The molecule has 0 aliphatic heterocycles. The number of hydrogen-bond acceptors (Lipinski definition) is 4. The Morgan fingerprint density at radius 2 is 1.95 bits per heavy atom. The Kier molecular flexibility index (Phi) is 4.32. The Morgan fingerprint density at radius 1 is 1.25 bits per heavy atom. The predicted molar refractivity (Wildman–Crippen MR) is 79.2 cm³/mol. The average molecular weight is 349 g/mol. The highest BCUT2D eigenvalue weighted by atomic mass is 79.9. The molecule has 0 aliphatic rings. The summed E-state index contributed by atoms with van der Waals surface area (Å²) < 4.78 is 25.5. The molecule has 0 saturated carbocycles. The summed E-state index contributed by atoms with van der Waals surface area (Å²) in [5.74, 6) is 0. The van der Waals surface area contributed by atoms with Crippen molar-refractivity contribution >= 4 is 31.8 Å². The van der Waals surface area contributed by atoms with Crippen molar-refractivity contribution in [2.75, 3.05) is 0 Å². The van der Waals surface area contributed by atoms with E-state index in [1.165, 1.54) is 24.4 Å². The topological polar surface area (TPSA) is 70.8 Å². The van der Waals surface area contributed by atoms with Crippen LogP contribution in [0.15, 0.2) is 63.1 Å². The van der Waals surface area contributed by atoms with Gasteiger partial charge in [-0.1, -0.05) is 22.0 Å². The number of rotatable bonds is 3. The minimum atomic E-state index is -3.81. The summed E-state index contributed by atoms with van der Waals surface area (Å²) in [7, 11) is -3.81.